The number of phenolic OH excluding ortho intramolecular Hbond substituents is 1. The molecule has 20 N–H and O–H groups in total. The number of nitrogens with one attached hydrogen (secondary N) is 9. The number of hydrogen-bond acceptors (Lipinski definition) is 17. The lowest BCUT2D eigenvalue weighted by molar-refractivity contribution is -0.143. The maximum atomic E-state index is 13.5. The number of phenols is 1. The Labute approximate surface area is 441 Å². The number of aliphatic hydroxyl groups is 1. The van der Waals surface area contributed by atoms with Crippen molar-refractivity contribution in [1.29, 1.82) is 0 Å². The third-order valence-electron chi connectivity index (χ3n) is 10.8. The van der Waals surface area contributed by atoms with E-state index in [9.17, 15) is 78.0 Å². The van der Waals surface area contributed by atoms with Crippen LogP contribution in [-0.2, 0) is 64.0 Å². The van der Waals surface area contributed by atoms with Gasteiger partial charge in [-0.2, -0.15) is 11.8 Å². The van der Waals surface area contributed by atoms with Gasteiger partial charge in [-0.05, 0) is 75.2 Å². The predicted octanol–water partition coefficient (Wildman–Crippen LogP) is -5.82. The van der Waals surface area contributed by atoms with Crippen LogP contribution in [0.25, 0.3) is 0 Å². The molecule has 9 atom stereocenters. The van der Waals surface area contributed by atoms with Crippen molar-refractivity contribution in [1.82, 2.24) is 47.9 Å². The molecule has 0 fully saturated rings. The number of benzene rings is 1. The van der Waals surface area contributed by atoms with Crippen LogP contribution in [0.3, 0.4) is 0 Å². The highest BCUT2D eigenvalue weighted by Gasteiger charge is 2.34. The largest absolute Gasteiger partial charge is 0.508 e. The summed E-state index contributed by atoms with van der Waals surface area (Å²) in [5, 5.41) is 68.3. The second-order valence-electron chi connectivity index (χ2n) is 17.5. The molecule has 0 bridgehead atoms. The summed E-state index contributed by atoms with van der Waals surface area (Å²) in [5.74, 6) is -13.7. The number of aromatic hydroxyl groups is 1. The number of carboxylic acids is 3. The molecule has 0 saturated carbocycles. The first kappa shape index (κ1) is 66.2. The van der Waals surface area contributed by atoms with Crippen molar-refractivity contribution in [3.05, 3.63) is 29.8 Å². The molecule has 1 aromatic rings. The van der Waals surface area contributed by atoms with E-state index < -0.39 is 164 Å². The molecular weight excluding hydrogens is 1030 g/mol. The van der Waals surface area contributed by atoms with E-state index in [0.29, 0.717) is 5.56 Å². The van der Waals surface area contributed by atoms with E-state index in [1.807, 2.05) is 0 Å². The zero-order chi connectivity index (χ0) is 57.8. The lowest BCUT2D eigenvalue weighted by Gasteiger charge is -2.27. The van der Waals surface area contributed by atoms with Gasteiger partial charge in [-0.1, -0.05) is 26.0 Å². The molecule has 0 radical (unpaired) electrons. The Kier molecular flexibility index (Phi) is 29.5. The van der Waals surface area contributed by atoms with E-state index in [0.717, 1.165) is 0 Å². The third-order valence-corrected chi connectivity index (χ3v) is 11.5. The average Bonchev–Trinajstić information content (AvgIpc) is 3.34. The minimum absolute atomic E-state index is 0.00758. The Bertz CT molecular complexity index is 2230. The van der Waals surface area contributed by atoms with Crippen molar-refractivity contribution >= 4 is 88.8 Å². The first-order chi connectivity index (χ1) is 35.6. The summed E-state index contributed by atoms with van der Waals surface area (Å²) < 4.78 is 0. The van der Waals surface area contributed by atoms with Crippen molar-refractivity contribution in [3.8, 4) is 5.75 Å². The van der Waals surface area contributed by atoms with Gasteiger partial charge in [0.15, 0.2) is 5.96 Å². The predicted molar refractivity (Wildman–Crippen MR) is 271 cm³/mol. The highest BCUT2D eigenvalue weighted by Crippen LogP contribution is 2.13. The molecule has 0 heterocycles. The lowest BCUT2D eigenvalue weighted by atomic mass is 10.0. The highest BCUT2D eigenvalue weighted by molar-refractivity contribution is 7.98. The first-order valence-corrected chi connectivity index (χ1v) is 25.0. The Morgan fingerprint density at radius 1 is 0.605 bits per heavy atom. The number of rotatable bonds is 35. The average molecular weight is 1100 g/mol. The fourth-order valence-corrected chi connectivity index (χ4v) is 7.04. The van der Waals surface area contributed by atoms with E-state index in [2.05, 4.69) is 52.8 Å². The number of nitrogens with zero attached hydrogens (tertiary/aromatic N) is 1. The summed E-state index contributed by atoms with van der Waals surface area (Å²) in [5.41, 5.74) is 16.7. The molecule has 0 aromatic heterocycles. The molecule has 0 aliphatic rings. The van der Waals surface area contributed by atoms with E-state index in [1.165, 1.54) is 49.9 Å². The van der Waals surface area contributed by atoms with Crippen molar-refractivity contribution in [2.75, 3.05) is 31.7 Å². The maximum Gasteiger partial charge on any atom is 0.326 e. The molecule has 30 nitrogen and oxygen atoms in total. The summed E-state index contributed by atoms with van der Waals surface area (Å²) in [7, 11) is 0. The van der Waals surface area contributed by atoms with E-state index >= 15 is 0 Å². The van der Waals surface area contributed by atoms with Gasteiger partial charge < -0.3 is 90.6 Å². The molecule has 0 aliphatic heterocycles. The number of thioether (sulfide) groups is 1. The standard InChI is InChI=1S/C45H71N13O17S/c1-21(2)35(58-41(71)28(12-13-33(62)63)55-38(68)26(46)20-59)43(73)52-23(4)37(67)53-27(7-6-15-49-45(47)48)39(69)50-19-32(61)51-22(3)36(66)54-29(14-16-76-5)40(70)56-30(18-34(64)65)42(72)57-31(44(74)75)17-24-8-10-25(60)11-9-24/h8-11,21-23,26-31,35,59-60H,6-7,12-20,46H2,1-5H3,(H,50,69)(H,51,61)(H,52,73)(H,53,67)(H,54,66)(H,55,68)(H,56,70)(H,57,72)(H,58,71)(H,62,63)(H,64,65)(H,74,75)(H4,47,48,49)/t22-,23-,26-,27-,28-,29-,30-,31-,35-/m0/s1. The minimum atomic E-state index is -1.81. The van der Waals surface area contributed by atoms with Gasteiger partial charge >= 0.3 is 17.9 Å². The maximum absolute atomic E-state index is 13.5. The molecule has 0 saturated heterocycles. The van der Waals surface area contributed by atoms with Crippen molar-refractivity contribution in [2.45, 2.75) is 127 Å². The Balaban J connectivity index is 3.09. The summed E-state index contributed by atoms with van der Waals surface area (Å²) in [4.78, 5) is 158. The molecule has 1 aromatic carbocycles. The number of carboxylic acid groups (broad SMARTS) is 3. The number of carbonyl (C=O) groups is 12. The summed E-state index contributed by atoms with van der Waals surface area (Å²) in [6.07, 6.45) is -0.579. The summed E-state index contributed by atoms with van der Waals surface area (Å²) >= 11 is 1.27. The smallest absolute Gasteiger partial charge is 0.326 e. The second kappa shape index (κ2) is 33.9. The molecule has 0 aliphatic carbocycles. The van der Waals surface area contributed by atoms with Gasteiger partial charge in [-0.15, -0.1) is 0 Å². The molecular formula is C45H71N13O17S. The fraction of sp³-hybridized carbons (Fsp3) is 0.578. The number of hydrogen-bond donors (Lipinski definition) is 17. The van der Waals surface area contributed by atoms with Gasteiger partial charge in [0, 0.05) is 19.4 Å². The van der Waals surface area contributed by atoms with Gasteiger partial charge in [0.2, 0.25) is 53.2 Å². The monoisotopic (exact) mass is 1100 g/mol. The van der Waals surface area contributed by atoms with Gasteiger partial charge in [-0.25, -0.2) is 4.79 Å². The molecule has 424 valence electrons. The number of aliphatic carboxylic acids is 3. The fourth-order valence-electron chi connectivity index (χ4n) is 6.57. The van der Waals surface area contributed by atoms with E-state index in [4.69, 9.17) is 22.3 Å². The summed E-state index contributed by atoms with van der Waals surface area (Å²) in [6, 6.07) is -7.76. The number of guanidine groups is 1. The summed E-state index contributed by atoms with van der Waals surface area (Å²) in [6.45, 7) is 4.05. The van der Waals surface area contributed by atoms with Crippen LogP contribution in [0, 0.1) is 5.92 Å². The van der Waals surface area contributed by atoms with E-state index in [-0.39, 0.29) is 49.7 Å². The molecule has 0 unspecified atom stereocenters. The highest BCUT2D eigenvalue weighted by atomic mass is 32.2. The lowest BCUT2D eigenvalue weighted by Crippen LogP contribution is -2.59. The van der Waals surface area contributed by atoms with Crippen LogP contribution in [0.4, 0.5) is 0 Å². The normalized spacial score (nSPS) is 14.4. The topological polar surface area (TPSA) is 505 Å². The second-order valence-corrected chi connectivity index (χ2v) is 18.5. The van der Waals surface area contributed by atoms with E-state index in [1.54, 1.807) is 20.1 Å². The van der Waals surface area contributed by atoms with Gasteiger partial charge in [0.25, 0.3) is 0 Å². The number of carbonyl (C=O) groups excluding carboxylic acids is 9. The zero-order valence-corrected chi connectivity index (χ0v) is 43.4. The van der Waals surface area contributed by atoms with Crippen molar-refractivity contribution < 1.29 is 83.1 Å². The van der Waals surface area contributed by atoms with Crippen molar-refractivity contribution in [3.63, 3.8) is 0 Å². The quantitative estimate of drug-likeness (QED) is 0.0171. The zero-order valence-electron chi connectivity index (χ0n) is 42.6. The number of aliphatic imine (C=N–C) groups is 1. The van der Waals surface area contributed by atoms with Crippen LogP contribution in [0.1, 0.15) is 71.8 Å². The Hall–Kier alpha value is -7.80. The Morgan fingerprint density at radius 3 is 1.64 bits per heavy atom. The Morgan fingerprint density at radius 2 is 1.12 bits per heavy atom. The van der Waals surface area contributed by atoms with Crippen LogP contribution < -0.4 is 65.1 Å². The molecule has 76 heavy (non-hydrogen) atoms. The molecule has 31 heteroatoms. The number of aliphatic hydroxyl groups excluding tert-OH is 1. The molecule has 0 spiro atoms. The van der Waals surface area contributed by atoms with Crippen LogP contribution in [0.5, 0.6) is 5.75 Å². The van der Waals surface area contributed by atoms with Crippen molar-refractivity contribution in [2.24, 2.45) is 28.1 Å². The molecule has 1 rings (SSSR count). The van der Waals surface area contributed by atoms with Gasteiger partial charge in [0.05, 0.1) is 19.6 Å². The van der Waals surface area contributed by atoms with Crippen LogP contribution in [0.2, 0.25) is 0 Å². The number of amides is 9. The SMILES string of the molecule is CSCC[C@H](NC(=O)[C@H](C)NC(=O)CNC(=O)[C@H](CCCN=C(N)N)NC(=O)[C@H](C)NC(=O)[C@@H](NC(=O)[C@H](CCC(=O)O)NC(=O)[C@@H](N)CO)C(C)C)C(=O)N[C@@H](CC(=O)O)C(=O)N[C@@H](Cc1ccc(O)cc1)C(=O)O. The van der Waals surface area contributed by atoms with Crippen LogP contribution >= 0.6 is 11.8 Å². The van der Waals surface area contributed by atoms with Crippen LogP contribution in [0.15, 0.2) is 29.3 Å². The minimum Gasteiger partial charge on any atom is -0.508 e. The first-order valence-electron chi connectivity index (χ1n) is 23.6. The third kappa shape index (κ3) is 25.4. The molecule has 9 amide bonds. The van der Waals surface area contributed by atoms with Crippen LogP contribution in [-0.4, -0.2) is 189 Å². The van der Waals surface area contributed by atoms with Gasteiger partial charge in [0.1, 0.15) is 60.1 Å². The van der Waals surface area contributed by atoms with Gasteiger partial charge in [-0.3, -0.25) is 57.7 Å². The number of nitrogens with two attached hydrogens (primary N) is 3.